The average molecular weight is 500 g/mol. The summed E-state index contributed by atoms with van der Waals surface area (Å²) in [5.74, 6) is -0.0397. The molecule has 2 N–H and O–H groups in total. The molecule has 3 rings (SSSR count). The number of hydrogen-bond donors (Lipinski definition) is 2. The van der Waals surface area contributed by atoms with Crippen molar-refractivity contribution in [1.29, 1.82) is 0 Å². The maximum Gasteiger partial charge on any atom is 0.326 e. The van der Waals surface area contributed by atoms with Crippen molar-refractivity contribution >= 4 is 23.7 Å². The van der Waals surface area contributed by atoms with E-state index in [-0.39, 0.29) is 35.6 Å². The van der Waals surface area contributed by atoms with Gasteiger partial charge in [0, 0.05) is 11.6 Å². The molecule has 1 amide bonds. The number of benzene rings is 2. The molecule has 0 bridgehead atoms. The zero-order valence-electron chi connectivity index (χ0n) is 20.7. The molecule has 10 heteroatoms. The molecule has 0 spiro atoms. The standard InChI is InChI=1S/C26H29NO9/c1-14(2)10-18(26(30)31)27-22(28)13-35-16-7-8-17-20(12-16)36-21(23(17)29)11-15-6-9-19(32-3)25(34-5)24(15)33-4/h6-9,11-12,14,18H,10,13H2,1-5H3,(H,27,28)(H,30,31)/t18-/m1/s1. The molecule has 10 nitrogen and oxygen atoms in total. The second-order valence-electron chi connectivity index (χ2n) is 8.40. The molecule has 0 radical (unpaired) electrons. The number of hydrogen-bond acceptors (Lipinski definition) is 8. The molecule has 1 atom stereocenters. The quantitative estimate of drug-likeness (QED) is 0.447. The molecule has 0 aliphatic carbocycles. The Kier molecular flexibility index (Phi) is 8.42. The molecule has 0 saturated carbocycles. The van der Waals surface area contributed by atoms with Gasteiger partial charge in [0.15, 0.2) is 23.9 Å². The molecule has 0 saturated heterocycles. The second kappa shape index (κ2) is 11.5. The summed E-state index contributed by atoms with van der Waals surface area (Å²) >= 11 is 0. The Labute approximate surface area is 208 Å². The molecule has 0 aromatic heterocycles. The van der Waals surface area contributed by atoms with Crippen LogP contribution in [0.15, 0.2) is 36.1 Å². The smallest absolute Gasteiger partial charge is 0.326 e. The summed E-state index contributed by atoms with van der Waals surface area (Å²) in [7, 11) is 4.47. The molecular formula is C26H29NO9. The van der Waals surface area contributed by atoms with Crippen LogP contribution in [0.25, 0.3) is 6.08 Å². The first kappa shape index (κ1) is 26.4. The largest absolute Gasteiger partial charge is 0.493 e. The van der Waals surface area contributed by atoms with E-state index in [1.165, 1.54) is 45.6 Å². The number of methoxy groups -OCH3 is 3. The summed E-state index contributed by atoms with van der Waals surface area (Å²) in [6, 6.07) is 6.97. The number of ether oxygens (including phenoxy) is 5. The van der Waals surface area contributed by atoms with Crippen molar-refractivity contribution in [3.63, 3.8) is 0 Å². The molecule has 1 heterocycles. The first-order chi connectivity index (χ1) is 17.2. The summed E-state index contributed by atoms with van der Waals surface area (Å²) in [5.41, 5.74) is 0.884. The highest BCUT2D eigenvalue weighted by atomic mass is 16.5. The number of carbonyl (C=O) groups is 3. The minimum atomic E-state index is -1.10. The lowest BCUT2D eigenvalue weighted by molar-refractivity contribution is -0.142. The van der Waals surface area contributed by atoms with Crippen LogP contribution in [0.5, 0.6) is 28.7 Å². The van der Waals surface area contributed by atoms with Gasteiger partial charge in [0.25, 0.3) is 5.91 Å². The summed E-state index contributed by atoms with van der Waals surface area (Å²) in [6.07, 6.45) is 1.84. The van der Waals surface area contributed by atoms with Gasteiger partial charge in [-0.3, -0.25) is 9.59 Å². The van der Waals surface area contributed by atoms with Gasteiger partial charge in [-0.05, 0) is 42.7 Å². The Morgan fingerprint density at radius 3 is 2.39 bits per heavy atom. The molecule has 2 aromatic carbocycles. The predicted octanol–water partition coefficient (Wildman–Crippen LogP) is 3.32. The summed E-state index contributed by atoms with van der Waals surface area (Å²) in [6.45, 7) is 3.35. The van der Waals surface area contributed by atoms with E-state index in [1.54, 1.807) is 12.1 Å². The van der Waals surface area contributed by atoms with Gasteiger partial charge in [0.2, 0.25) is 11.5 Å². The lowest BCUT2D eigenvalue weighted by Crippen LogP contribution is -2.43. The minimum absolute atomic E-state index is 0.0726. The number of allylic oxidation sites excluding steroid dienone is 1. The second-order valence-corrected chi connectivity index (χ2v) is 8.40. The van der Waals surface area contributed by atoms with Crippen LogP contribution in [0.1, 0.15) is 36.2 Å². The zero-order valence-corrected chi connectivity index (χ0v) is 20.7. The van der Waals surface area contributed by atoms with Crippen LogP contribution in [-0.2, 0) is 9.59 Å². The van der Waals surface area contributed by atoms with Crippen LogP contribution in [0.3, 0.4) is 0 Å². The van der Waals surface area contributed by atoms with E-state index in [1.807, 2.05) is 13.8 Å². The van der Waals surface area contributed by atoms with Crippen LogP contribution >= 0.6 is 0 Å². The van der Waals surface area contributed by atoms with Crippen LogP contribution in [0.4, 0.5) is 0 Å². The van der Waals surface area contributed by atoms with Crippen LogP contribution in [0.2, 0.25) is 0 Å². The van der Waals surface area contributed by atoms with Crippen molar-refractivity contribution in [2.45, 2.75) is 26.3 Å². The third-order valence-corrected chi connectivity index (χ3v) is 5.37. The van der Waals surface area contributed by atoms with Crippen molar-refractivity contribution in [1.82, 2.24) is 5.32 Å². The number of Topliss-reactive ketones (excluding diaryl/α,β-unsaturated/α-hetero) is 1. The van der Waals surface area contributed by atoms with E-state index in [0.29, 0.717) is 34.8 Å². The van der Waals surface area contributed by atoms with Crippen molar-refractivity contribution in [3.8, 4) is 28.7 Å². The van der Waals surface area contributed by atoms with Crippen LogP contribution in [-0.4, -0.2) is 56.7 Å². The van der Waals surface area contributed by atoms with E-state index in [9.17, 15) is 19.5 Å². The highest BCUT2D eigenvalue weighted by molar-refractivity contribution is 6.14. The molecular weight excluding hydrogens is 470 g/mol. The first-order valence-electron chi connectivity index (χ1n) is 11.2. The van der Waals surface area contributed by atoms with Crippen molar-refractivity contribution in [3.05, 3.63) is 47.2 Å². The number of carboxylic acids is 1. The van der Waals surface area contributed by atoms with E-state index in [2.05, 4.69) is 5.32 Å². The van der Waals surface area contributed by atoms with Gasteiger partial charge in [0.05, 0.1) is 26.9 Å². The number of carboxylic acid groups (broad SMARTS) is 1. The van der Waals surface area contributed by atoms with Gasteiger partial charge in [-0.1, -0.05) is 13.8 Å². The predicted molar refractivity (Wildman–Crippen MR) is 130 cm³/mol. The normalized spacial score (nSPS) is 14.2. The fourth-order valence-corrected chi connectivity index (χ4v) is 3.71. The highest BCUT2D eigenvalue weighted by Gasteiger charge is 2.29. The fourth-order valence-electron chi connectivity index (χ4n) is 3.71. The summed E-state index contributed by atoms with van der Waals surface area (Å²) in [5, 5.41) is 11.7. The molecule has 192 valence electrons. The van der Waals surface area contributed by atoms with Gasteiger partial charge in [-0.15, -0.1) is 0 Å². The third-order valence-electron chi connectivity index (χ3n) is 5.37. The third kappa shape index (κ3) is 5.88. The summed E-state index contributed by atoms with van der Waals surface area (Å²) in [4.78, 5) is 36.4. The average Bonchev–Trinajstić information content (AvgIpc) is 3.15. The number of amides is 1. The van der Waals surface area contributed by atoms with E-state index >= 15 is 0 Å². The number of ketones is 1. The maximum atomic E-state index is 12.9. The van der Waals surface area contributed by atoms with E-state index in [4.69, 9.17) is 23.7 Å². The number of rotatable bonds is 11. The lowest BCUT2D eigenvalue weighted by atomic mass is 10.0. The van der Waals surface area contributed by atoms with Gasteiger partial charge < -0.3 is 34.1 Å². The molecule has 36 heavy (non-hydrogen) atoms. The molecule has 1 aliphatic rings. The van der Waals surface area contributed by atoms with Crippen molar-refractivity contribution < 1.29 is 43.2 Å². The Morgan fingerprint density at radius 1 is 1.06 bits per heavy atom. The zero-order chi connectivity index (χ0) is 26.4. The number of carbonyl (C=O) groups excluding carboxylic acids is 2. The van der Waals surface area contributed by atoms with E-state index < -0.39 is 17.9 Å². The fraction of sp³-hybridized carbons (Fsp3) is 0.346. The van der Waals surface area contributed by atoms with Crippen LogP contribution < -0.4 is 29.0 Å². The van der Waals surface area contributed by atoms with Crippen molar-refractivity contribution in [2.75, 3.05) is 27.9 Å². The Hall–Kier alpha value is -4.21. The summed E-state index contributed by atoms with van der Waals surface area (Å²) < 4.78 is 27.4. The maximum absolute atomic E-state index is 12.9. The van der Waals surface area contributed by atoms with Gasteiger partial charge in [-0.25, -0.2) is 4.79 Å². The Morgan fingerprint density at radius 2 is 1.78 bits per heavy atom. The molecule has 0 unspecified atom stereocenters. The Bertz CT molecular complexity index is 1190. The van der Waals surface area contributed by atoms with E-state index in [0.717, 1.165) is 0 Å². The molecule has 0 fully saturated rings. The number of nitrogens with one attached hydrogen (secondary N) is 1. The van der Waals surface area contributed by atoms with Crippen LogP contribution in [0, 0.1) is 5.92 Å². The lowest BCUT2D eigenvalue weighted by Gasteiger charge is -2.16. The molecule has 2 aromatic rings. The molecule has 1 aliphatic heterocycles. The van der Waals surface area contributed by atoms with Gasteiger partial charge >= 0.3 is 5.97 Å². The van der Waals surface area contributed by atoms with Crippen molar-refractivity contribution in [2.24, 2.45) is 5.92 Å². The monoisotopic (exact) mass is 499 g/mol. The topological polar surface area (TPSA) is 130 Å². The first-order valence-corrected chi connectivity index (χ1v) is 11.2. The SMILES string of the molecule is COc1ccc(C=C2Oc3cc(OCC(=O)N[C@H](CC(C)C)C(=O)O)ccc3C2=O)c(OC)c1OC. The minimum Gasteiger partial charge on any atom is -0.493 e. The van der Waals surface area contributed by atoms with Gasteiger partial charge in [0.1, 0.15) is 17.5 Å². The number of fused-ring (bicyclic) bond motifs is 1. The number of aliphatic carboxylic acids is 1. The highest BCUT2D eigenvalue weighted by Crippen LogP contribution is 2.42. The Balaban J connectivity index is 1.73. The van der Waals surface area contributed by atoms with Gasteiger partial charge in [-0.2, -0.15) is 0 Å².